The number of nitriles is 1. The van der Waals surface area contributed by atoms with Crippen molar-refractivity contribution in [2.75, 3.05) is 30.0 Å². The molecule has 1 aromatic rings. The standard InChI is InChI=1S/C9H11FN6O/c10-7-4-13-9(15-12)14-8(7)16-1-2-17-6(3-11)5-16/h4,6H,1-2,5,12H2,(H,13,14,15). The van der Waals surface area contributed by atoms with Crippen LogP contribution in [0.5, 0.6) is 0 Å². The molecular formula is C9H11FN6O. The molecule has 90 valence electrons. The Balaban J connectivity index is 2.24. The van der Waals surface area contributed by atoms with Gasteiger partial charge in [0.25, 0.3) is 0 Å². The van der Waals surface area contributed by atoms with Gasteiger partial charge in [0.2, 0.25) is 5.95 Å². The smallest absolute Gasteiger partial charge is 0.239 e. The summed E-state index contributed by atoms with van der Waals surface area (Å²) in [6, 6.07) is 1.98. The van der Waals surface area contributed by atoms with E-state index in [4.69, 9.17) is 15.8 Å². The summed E-state index contributed by atoms with van der Waals surface area (Å²) in [4.78, 5) is 9.20. The van der Waals surface area contributed by atoms with E-state index >= 15 is 0 Å². The quantitative estimate of drug-likeness (QED) is 0.535. The van der Waals surface area contributed by atoms with E-state index in [2.05, 4.69) is 15.4 Å². The minimum atomic E-state index is -0.576. The number of hydrazine groups is 1. The molecule has 0 spiro atoms. The number of nitrogen functional groups attached to an aromatic ring is 1. The first kappa shape index (κ1) is 11.5. The van der Waals surface area contributed by atoms with Crippen LogP contribution >= 0.6 is 0 Å². The van der Waals surface area contributed by atoms with Crippen LogP contribution in [0.4, 0.5) is 16.2 Å². The molecule has 17 heavy (non-hydrogen) atoms. The van der Waals surface area contributed by atoms with E-state index < -0.39 is 11.9 Å². The number of anilines is 2. The van der Waals surface area contributed by atoms with Crippen LogP contribution in [-0.2, 0) is 4.74 Å². The third kappa shape index (κ3) is 2.41. The minimum absolute atomic E-state index is 0.122. The van der Waals surface area contributed by atoms with Gasteiger partial charge < -0.3 is 9.64 Å². The lowest BCUT2D eigenvalue weighted by molar-refractivity contribution is 0.0758. The molecule has 0 bridgehead atoms. The van der Waals surface area contributed by atoms with Gasteiger partial charge in [-0.1, -0.05) is 0 Å². The zero-order valence-corrected chi connectivity index (χ0v) is 8.93. The molecule has 2 heterocycles. The summed E-state index contributed by atoms with van der Waals surface area (Å²) < 4.78 is 18.7. The summed E-state index contributed by atoms with van der Waals surface area (Å²) >= 11 is 0. The van der Waals surface area contributed by atoms with Gasteiger partial charge in [0, 0.05) is 6.54 Å². The largest absolute Gasteiger partial charge is 0.360 e. The van der Waals surface area contributed by atoms with Gasteiger partial charge in [0.15, 0.2) is 17.7 Å². The number of morpholine rings is 1. The number of halogens is 1. The van der Waals surface area contributed by atoms with Crippen molar-refractivity contribution in [3.63, 3.8) is 0 Å². The lowest BCUT2D eigenvalue weighted by atomic mass is 10.3. The molecular weight excluding hydrogens is 227 g/mol. The fourth-order valence-electron chi connectivity index (χ4n) is 1.57. The van der Waals surface area contributed by atoms with Crippen LogP contribution in [0.15, 0.2) is 6.20 Å². The van der Waals surface area contributed by atoms with Gasteiger partial charge >= 0.3 is 0 Å². The van der Waals surface area contributed by atoms with Gasteiger partial charge in [-0.25, -0.2) is 15.2 Å². The van der Waals surface area contributed by atoms with Crippen LogP contribution in [0.1, 0.15) is 0 Å². The Bertz CT molecular complexity index is 448. The van der Waals surface area contributed by atoms with Crippen molar-refractivity contribution in [1.29, 1.82) is 5.26 Å². The Hall–Kier alpha value is -1.98. The highest BCUT2D eigenvalue weighted by Gasteiger charge is 2.23. The van der Waals surface area contributed by atoms with Crippen molar-refractivity contribution in [1.82, 2.24) is 9.97 Å². The van der Waals surface area contributed by atoms with Crippen molar-refractivity contribution in [3.05, 3.63) is 12.0 Å². The second kappa shape index (κ2) is 4.90. The van der Waals surface area contributed by atoms with Crippen LogP contribution in [0.3, 0.4) is 0 Å². The number of nitrogens with one attached hydrogen (secondary N) is 1. The van der Waals surface area contributed by atoms with Gasteiger partial charge in [-0.3, -0.25) is 5.43 Å². The van der Waals surface area contributed by atoms with Crippen LogP contribution in [0.2, 0.25) is 0 Å². The molecule has 1 atom stereocenters. The van der Waals surface area contributed by atoms with Gasteiger partial charge in [0.1, 0.15) is 0 Å². The Morgan fingerprint density at radius 2 is 2.53 bits per heavy atom. The van der Waals surface area contributed by atoms with E-state index in [0.29, 0.717) is 13.2 Å². The van der Waals surface area contributed by atoms with Crippen LogP contribution in [0.25, 0.3) is 0 Å². The Morgan fingerprint density at radius 3 is 3.24 bits per heavy atom. The molecule has 7 nitrogen and oxygen atoms in total. The van der Waals surface area contributed by atoms with Crippen LogP contribution in [0, 0.1) is 17.1 Å². The summed E-state index contributed by atoms with van der Waals surface area (Å²) in [5.41, 5.74) is 2.25. The predicted molar refractivity (Wildman–Crippen MR) is 57.4 cm³/mol. The van der Waals surface area contributed by atoms with Gasteiger partial charge in [0.05, 0.1) is 25.4 Å². The highest BCUT2D eigenvalue weighted by Crippen LogP contribution is 2.19. The zero-order valence-electron chi connectivity index (χ0n) is 8.93. The Kier molecular flexibility index (Phi) is 3.32. The first-order chi connectivity index (χ1) is 8.24. The second-order valence-corrected chi connectivity index (χ2v) is 3.44. The maximum Gasteiger partial charge on any atom is 0.239 e. The molecule has 3 N–H and O–H groups in total. The molecule has 1 aliphatic heterocycles. The summed E-state index contributed by atoms with van der Waals surface area (Å²) in [5.74, 6) is 4.85. The predicted octanol–water partition coefficient (Wildman–Crippen LogP) is -0.370. The van der Waals surface area contributed by atoms with E-state index in [0.717, 1.165) is 6.20 Å². The minimum Gasteiger partial charge on any atom is -0.360 e. The topological polar surface area (TPSA) is 100 Å². The molecule has 1 aromatic heterocycles. The average Bonchev–Trinajstić information content (AvgIpc) is 2.39. The molecule has 1 aliphatic rings. The zero-order chi connectivity index (χ0) is 12.3. The third-order valence-electron chi connectivity index (χ3n) is 2.36. The van der Waals surface area contributed by atoms with Crippen LogP contribution < -0.4 is 16.2 Å². The van der Waals surface area contributed by atoms with E-state index in [1.165, 1.54) is 0 Å². The molecule has 1 saturated heterocycles. The number of nitrogens with two attached hydrogens (primary N) is 1. The summed E-state index contributed by atoms with van der Waals surface area (Å²) in [7, 11) is 0. The molecule has 1 unspecified atom stereocenters. The molecule has 8 heteroatoms. The number of rotatable bonds is 2. The van der Waals surface area contributed by atoms with Crippen molar-refractivity contribution in [2.24, 2.45) is 5.84 Å². The van der Waals surface area contributed by atoms with E-state index in [9.17, 15) is 4.39 Å². The molecule has 0 amide bonds. The summed E-state index contributed by atoms with van der Waals surface area (Å²) in [6.45, 7) is 1.09. The van der Waals surface area contributed by atoms with Gasteiger partial charge in [-0.2, -0.15) is 10.2 Å². The lowest BCUT2D eigenvalue weighted by Crippen LogP contribution is -2.42. The van der Waals surface area contributed by atoms with Crippen molar-refractivity contribution in [3.8, 4) is 6.07 Å². The van der Waals surface area contributed by atoms with E-state index in [1.54, 1.807) is 4.90 Å². The Morgan fingerprint density at radius 1 is 1.71 bits per heavy atom. The number of aromatic nitrogens is 2. The average molecular weight is 238 g/mol. The number of ether oxygens (including phenoxy) is 1. The normalized spacial score (nSPS) is 19.8. The first-order valence-electron chi connectivity index (χ1n) is 5.00. The molecule has 0 saturated carbocycles. The van der Waals surface area contributed by atoms with E-state index in [-0.39, 0.29) is 18.3 Å². The fraction of sp³-hybridized carbons (Fsp3) is 0.444. The van der Waals surface area contributed by atoms with Gasteiger partial charge in [-0.05, 0) is 0 Å². The van der Waals surface area contributed by atoms with E-state index in [1.807, 2.05) is 6.07 Å². The first-order valence-corrected chi connectivity index (χ1v) is 5.00. The third-order valence-corrected chi connectivity index (χ3v) is 2.36. The maximum absolute atomic E-state index is 13.6. The molecule has 2 rings (SSSR count). The molecule has 0 aromatic carbocycles. The molecule has 0 radical (unpaired) electrons. The van der Waals surface area contributed by atoms with Crippen molar-refractivity contribution >= 4 is 11.8 Å². The van der Waals surface area contributed by atoms with Gasteiger partial charge in [-0.15, -0.1) is 0 Å². The SMILES string of the molecule is N#CC1CN(c2nc(NN)ncc2F)CCO1. The number of hydrogen-bond donors (Lipinski definition) is 2. The summed E-state index contributed by atoms with van der Waals surface area (Å²) in [6.07, 6.45) is 0.460. The molecule has 0 aliphatic carbocycles. The summed E-state index contributed by atoms with van der Waals surface area (Å²) in [5, 5.41) is 8.77. The number of hydrogen-bond acceptors (Lipinski definition) is 7. The fourth-order valence-corrected chi connectivity index (χ4v) is 1.57. The maximum atomic E-state index is 13.6. The Labute approximate surface area is 97.0 Å². The molecule has 1 fully saturated rings. The number of nitrogens with zero attached hydrogens (tertiary/aromatic N) is 4. The second-order valence-electron chi connectivity index (χ2n) is 3.44. The highest BCUT2D eigenvalue weighted by atomic mass is 19.1. The monoisotopic (exact) mass is 238 g/mol. The van der Waals surface area contributed by atoms with Crippen molar-refractivity contribution < 1.29 is 9.13 Å². The highest BCUT2D eigenvalue weighted by molar-refractivity contribution is 5.44. The van der Waals surface area contributed by atoms with Crippen LogP contribution in [-0.4, -0.2) is 35.8 Å². The van der Waals surface area contributed by atoms with Crippen molar-refractivity contribution in [2.45, 2.75) is 6.10 Å². The lowest BCUT2D eigenvalue weighted by Gasteiger charge is -2.30.